The largest absolute Gasteiger partial charge is 0.508 e. The average molecular weight is 418 g/mol. The lowest BCUT2D eigenvalue weighted by molar-refractivity contribution is -0.148. The van der Waals surface area contributed by atoms with Crippen molar-refractivity contribution in [2.45, 2.75) is 79.9 Å². The van der Waals surface area contributed by atoms with Gasteiger partial charge in [0.1, 0.15) is 11.4 Å². The molecule has 1 atom stereocenters. The van der Waals surface area contributed by atoms with E-state index in [0.717, 1.165) is 6.42 Å². The molecule has 0 aliphatic rings. The molecular formula is C21H36ClNO5. The van der Waals surface area contributed by atoms with Crippen LogP contribution in [0.1, 0.15) is 68.2 Å². The molecule has 0 fully saturated rings. The molecule has 162 valence electrons. The molecule has 0 spiro atoms. The van der Waals surface area contributed by atoms with Crippen molar-refractivity contribution in [3.63, 3.8) is 0 Å². The van der Waals surface area contributed by atoms with Crippen molar-refractivity contribution >= 4 is 23.7 Å². The molecule has 0 saturated heterocycles. The first-order chi connectivity index (χ1) is 12.6. The van der Waals surface area contributed by atoms with Crippen LogP contribution in [0.2, 0.25) is 5.02 Å². The van der Waals surface area contributed by atoms with Gasteiger partial charge in [-0.3, -0.25) is 4.79 Å². The van der Waals surface area contributed by atoms with E-state index in [9.17, 15) is 9.59 Å². The Bertz CT molecular complexity index is 574. The molecule has 1 amide bonds. The lowest BCUT2D eigenvalue weighted by Gasteiger charge is -2.22. The number of nitrogens with two attached hydrogens (primary N) is 1. The van der Waals surface area contributed by atoms with Crippen molar-refractivity contribution in [3.05, 3.63) is 29.3 Å². The van der Waals surface area contributed by atoms with E-state index >= 15 is 0 Å². The first kappa shape index (κ1) is 28.3. The van der Waals surface area contributed by atoms with E-state index in [2.05, 4.69) is 25.5 Å². The lowest BCUT2D eigenvalue weighted by atomic mass is 9.90. The van der Waals surface area contributed by atoms with E-state index in [1.807, 2.05) is 13.8 Å². The van der Waals surface area contributed by atoms with Crippen LogP contribution in [0.25, 0.3) is 0 Å². The van der Waals surface area contributed by atoms with Crippen LogP contribution in [0, 0.1) is 5.41 Å². The number of esters is 1. The van der Waals surface area contributed by atoms with Gasteiger partial charge in [0.15, 0.2) is 0 Å². The summed E-state index contributed by atoms with van der Waals surface area (Å²) in [5.74, 6) is 0.101. The summed E-state index contributed by atoms with van der Waals surface area (Å²) in [7, 11) is 0. The Morgan fingerprint density at radius 2 is 1.71 bits per heavy atom. The molecule has 3 N–H and O–H groups in total. The summed E-state index contributed by atoms with van der Waals surface area (Å²) in [5, 5.41) is 9.29. The summed E-state index contributed by atoms with van der Waals surface area (Å²) in [4.78, 5) is 20.9. The van der Waals surface area contributed by atoms with Gasteiger partial charge in [-0.25, -0.2) is 4.79 Å². The summed E-state index contributed by atoms with van der Waals surface area (Å²) >= 11 is 5.48. The van der Waals surface area contributed by atoms with Crippen molar-refractivity contribution in [3.8, 4) is 5.75 Å². The third-order valence-corrected chi connectivity index (χ3v) is 2.97. The Morgan fingerprint density at radius 3 is 1.96 bits per heavy atom. The summed E-state index contributed by atoms with van der Waals surface area (Å²) in [6.07, 6.45) is 0.697. The van der Waals surface area contributed by atoms with Gasteiger partial charge in [0.25, 0.3) is 0 Å². The molecule has 28 heavy (non-hydrogen) atoms. The minimum absolute atomic E-state index is 0.0393. The first-order valence-electron chi connectivity index (χ1n) is 9.18. The topological polar surface area (TPSA) is 98.9 Å². The number of carbonyl (C=O) groups is 2. The number of carbonyl (C=O) groups excluding carboxylic acids is 2. The van der Waals surface area contributed by atoms with Crippen molar-refractivity contribution in [1.82, 2.24) is 0 Å². The van der Waals surface area contributed by atoms with Gasteiger partial charge in [0.05, 0.1) is 6.10 Å². The van der Waals surface area contributed by atoms with Crippen molar-refractivity contribution in [2.75, 3.05) is 0 Å². The zero-order valence-electron chi connectivity index (χ0n) is 18.3. The average Bonchev–Trinajstić information content (AvgIpc) is 2.43. The number of hydrogen-bond acceptors (Lipinski definition) is 5. The highest BCUT2D eigenvalue weighted by Crippen LogP contribution is 2.22. The molecule has 7 heteroatoms. The number of benzene rings is 1. The van der Waals surface area contributed by atoms with Crippen molar-refractivity contribution < 1.29 is 24.2 Å². The Labute approximate surface area is 174 Å². The van der Waals surface area contributed by atoms with E-state index in [0.29, 0.717) is 11.4 Å². The van der Waals surface area contributed by atoms with E-state index in [-0.39, 0.29) is 23.2 Å². The van der Waals surface area contributed by atoms with E-state index in [1.54, 1.807) is 39.0 Å². The molecule has 1 unspecified atom stereocenters. The zero-order chi connectivity index (χ0) is 22.5. The molecule has 1 aromatic rings. The fraction of sp³-hybridized carbons (Fsp3) is 0.619. The van der Waals surface area contributed by atoms with Gasteiger partial charge >= 0.3 is 12.1 Å². The van der Waals surface area contributed by atoms with Gasteiger partial charge < -0.3 is 20.3 Å². The van der Waals surface area contributed by atoms with Crippen LogP contribution in [-0.4, -0.2) is 28.9 Å². The molecule has 0 bridgehead atoms. The molecule has 0 aliphatic carbocycles. The maximum Gasteiger partial charge on any atom is 0.405 e. The second-order valence-electron chi connectivity index (χ2n) is 8.43. The molecule has 0 aromatic heterocycles. The molecule has 1 rings (SSSR count). The predicted molar refractivity (Wildman–Crippen MR) is 113 cm³/mol. The minimum atomic E-state index is -0.725. The van der Waals surface area contributed by atoms with Gasteiger partial charge in [-0.2, -0.15) is 0 Å². The maximum absolute atomic E-state index is 10.9. The second kappa shape index (κ2) is 13.3. The highest BCUT2D eigenvalue weighted by atomic mass is 35.5. The van der Waals surface area contributed by atoms with Gasteiger partial charge in [-0.05, 0) is 57.7 Å². The third-order valence-electron chi connectivity index (χ3n) is 2.74. The highest BCUT2D eigenvalue weighted by molar-refractivity contribution is 6.30. The van der Waals surface area contributed by atoms with Gasteiger partial charge in [-0.15, -0.1) is 0 Å². The quantitative estimate of drug-likeness (QED) is 0.615. The van der Waals surface area contributed by atoms with Crippen molar-refractivity contribution in [2.24, 2.45) is 11.1 Å². The summed E-state index contributed by atoms with van der Waals surface area (Å²) in [6.45, 7) is 15.5. The normalized spacial score (nSPS) is 11.8. The Balaban J connectivity index is 0. The SMILES string of the molecule is CC(C)(C)OC(N)=O.CCC(=O)OC(C)CC(C)(C)C.Oc1cccc(Cl)c1. The van der Waals surface area contributed by atoms with Crippen LogP contribution in [-0.2, 0) is 14.3 Å². The Hall–Kier alpha value is -1.95. The van der Waals surface area contributed by atoms with Gasteiger partial charge in [-0.1, -0.05) is 45.4 Å². The second-order valence-corrected chi connectivity index (χ2v) is 8.87. The van der Waals surface area contributed by atoms with Crippen LogP contribution < -0.4 is 5.73 Å². The number of aromatic hydroxyl groups is 1. The smallest absolute Gasteiger partial charge is 0.405 e. The van der Waals surface area contributed by atoms with E-state index < -0.39 is 11.7 Å². The van der Waals surface area contributed by atoms with Crippen molar-refractivity contribution in [1.29, 1.82) is 0 Å². The molecule has 0 saturated carbocycles. The number of rotatable bonds is 3. The predicted octanol–water partition coefficient (Wildman–Crippen LogP) is 5.69. The Morgan fingerprint density at radius 1 is 1.18 bits per heavy atom. The molecular weight excluding hydrogens is 382 g/mol. The van der Waals surface area contributed by atoms with E-state index in [1.165, 1.54) is 6.07 Å². The fourth-order valence-corrected chi connectivity index (χ4v) is 2.17. The Kier molecular flexibility index (Phi) is 13.4. The minimum Gasteiger partial charge on any atom is -0.508 e. The van der Waals surface area contributed by atoms with Crippen LogP contribution in [0.15, 0.2) is 24.3 Å². The van der Waals surface area contributed by atoms with Crippen LogP contribution in [0.3, 0.4) is 0 Å². The first-order valence-corrected chi connectivity index (χ1v) is 9.56. The number of phenols is 1. The summed E-state index contributed by atoms with van der Waals surface area (Å²) < 4.78 is 9.71. The third kappa shape index (κ3) is 22.1. The molecule has 0 aliphatic heterocycles. The molecule has 0 heterocycles. The molecule has 0 radical (unpaired) electrons. The maximum atomic E-state index is 10.9. The number of hydrogen-bond donors (Lipinski definition) is 2. The number of halogens is 1. The van der Waals surface area contributed by atoms with Crippen LogP contribution in [0.5, 0.6) is 5.75 Å². The summed E-state index contributed by atoms with van der Waals surface area (Å²) in [6, 6.07) is 6.46. The lowest BCUT2D eigenvalue weighted by Crippen LogP contribution is -2.27. The number of primary amides is 1. The van der Waals surface area contributed by atoms with Crippen LogP contribution >= 0.6 is 11.6 Å². The van der Waals surface area contributed by atoms with Gasteiger partial charge in [0.2, 0.25) is 0 Å². The van der Waals surface area contributed by atoms with Crippen LogP contribution in [0.4, 0.5) is 4.79 Å². The number of amides is 1. The zero-order valence-corrected chi connectivity index (χ0v) is 19.1. The van der Waals surface area contributed by atoms with E-state index in [4.69, 9.17) is 27.2 Å². The number of phenolic OH excluding ortho intramolecular Hbond substituents is 1. The van der Waals surface area contributed by atoms with Gasteiger partial charge in [0, 0.05) is 11.4 Å². The molecule has 6 nitrogen and oxygen atoms in total. The summed E-state index contributed by atoms with van der Waals surface area (Å²) in [5.41, 5.74) is 4.49. The molecule has 1 aromatic carbocycles. The number of ether oxygens (including phenoxy) is 2. The standard InChI is InChI=1S/C10H20O2.C6H5ClO.C5H11NO2/c1-6-9(11)12-8(2)7-10(3,4)5;7-5-2-1-3-6(8)4-5;1-5(2,3)8-4(6)7/h8H,6-7H2,1-5H3;1-4,8H;1-3H3,(H2,6,7). The fourth-order valence-electron chi connectivity index (χ4n) is 1.99. The highest BCUT2D eigenvalue weighted by Gasteiger charge is 2.17. The monoisotopic (exact) mass is 417 g/mol.